The molecule has 1 heterocycles. The molecule has 0 aromatic heterocycles. The van der Waals surface area contributed by atoms with E-state index in [2.05, 4.69) is 23.8 Å². The number of benzene rings is 2. The topological polar surface area (TPSA) is 27.7 Å². The number of hydrogen-bond acceptors (Lipinski definition) is 3. The van der Waals surface area contributed by atoms with E-state index in [0.717, 1.165) is 43.9 Å². The summed E-state index contributed by atoms with van der Waals surface area (Å²) in [6.07, 6.45) is 4.10. The highest BCUT2D eigenvalue weighted by Crippen LogP contribution is 2.43. The normalized spacial score (nSPS) is 23.4. The van der Waals surface area contributed by atoms with Gasteiger partial charge in [-0.05, 0) is 93.0 Å². The van der Waals surface area contributed by atoms with Crippen molar-refractivity contribution >= 4 is 0 Å². The molecule has 10 heteroatoms. The number of ether oxygens (including phenoxy) is 3. The zero-order chi connectivity index (χ0) is 29.6. The quantitative estimate of drug-likeness (QED) is 0.158. The molecule has 0 bridgehead atoms. The third kappa shape index (κ3) is 8.05. The molecule has 1 saturated carbocycles. The van der Waals surface area contributed by atoms with Crippen LogP contribution in [0.1, 0.15) is 58.3 Å². The summed E-state index contributed by atoms with van der Waals surface area (Å²) in [5.74, 6) is -5.59. The van der Waals surface area contributed by atoms with Crippen molar-refractivity contribution in [2.24, 2.45) is 17.8 Å². The zero-order valence-electron chi connectivity index (χ0n) is 22.7. The lowest BCUT2D eigenvalue weighted by molar-refractivity contribution is -0.225. The van der Waals surface area contributed by atoms with Gasteiger partial charge in [-0.25, -0.2) is 13.2 Å². The molecule has 0 spiro atoms. The molecule has 2 fully saturated rings. The van der Waals surface area contributed by atoms with Crippen LogP contribution >= 0.6 is 0 Å². The molecule has 0 N–H and O–H groups in total. The van der Waals surface area contributed by atoms with Crippen molar-refractivity contribution in [2.45, 2.75) is 70.5 Å². The Morgan fingerprint density at radius 2 is 1.63 bits per heavy atom. The summed E-state index contributed by atoms with van der Waals surface area (Å²) in [7, 11) is 0. The Morgan fingerprint density at radius 3 is 2.22 bits per heavy atom. The van der Waals surface area contributed by atoms with Gasteiger partial charge in [-0.15, -0.1) is 0 Å². The minimum absolute atomic E-state index is 0.0789. The first kappa shape index (κ1) is 30.9. The molecule has 0 amide bonds. The number of halogens is 7. The van der Waals surface area contributed by atoms with Crippen molar-refractivity contribution in [3.8, 4) is 22.6 Å². The fourth-order valence-corrected chi connectivity index (χ4v) is 5.63. The highest BCUT2D eigenvalue weighted by molar-refractivity contribution is 5.66. The van der Waals surface area contributed by atoms with E-state index in [0.29, 0.717) is 37.5 Å². The van der Waals surface area contributed by atoms with Gasteiger partial charge in [0, 0.05) is 11.6 Å². The Labute approximate surface area is 235 Å². The first-order valence-corrected chi connectivity index (χ1v) is 13.9. The maximum Gasteiger partial charge on any atom is 0.400 e. The number of hydrogen-bond donors (Lipinski definition) is 0. The molecular formula is C31H33F7O3. The largest absolute Gasteiger partial charge is 0.453 e. The van der Waals surface area contributed by atoms with Gasteiger partial charge in [0.15, 0.2) is 23.6 Å². The molecule has 1 saturated heterocycles. The van der Waals surface area contributed by atoms with Gasteiger partial charge in [0.05, 0.1) is 18.6 Å². The molecule has 0 radical (unpaired) electrons. The van der Waals surface area contributed by atoms with Crippen LogP contribution < -0.4 is 9.47 Å². The van der Waals surface area contributed by atoms with Crippen LogP contribution in [0.25, 0.3) is 11.1 Å². The van der Waals surface area contributed by atoms with Gasteiger partial charge in [-0.1, -0.05) is 19.1 Å². The smallest absolute Gasteiger partial charge is 0.400 e. The summed E-state index contributed by atoms with van der Waals surface area (Å²) in [5.41, 5.74) is -0.575. The molecule has 4 rings (SSSR count). The molecule has 2 aromatic carbocycles. The lowest BCUT2D eigenvalue weighted by Gasteiger charge is -2.39. The molecule has 41 heavy (non-hydrogen) atoms. The predicted molar refractivity (Wildman–Crippen MR) is 140 cm³/mol. The standard InChI is InChI=1S/C31H33F7O3/c1-2-3-4-5-19-6-13-28(39-17-19)20-7-9-22(10-8-20)31(37,38)41-23-11-12-24(25(32)16-23)21-14-26(33)30(27(34)15-21)40-18-29(35)36/h3-4,11-12,14-16,18-20,22,28H,2,5-10,13,17H2,1H3. The average Bonchev–Trinajstić information content (AvgIpc) is 2.93. The van der Waals surface area contributed by atoms with Crippen molar-refractivity contribution in [1.82, 2.24) is 0 Å². The molecule has 2 aliphatic rings. The second-order valence-corrected chi connectivity index (χ2v) is 10.6. The molecular weight excluding hydrogens is 553 g/mol. The van der Waals surface area contributed by atoms with Crippen LogP contribution in [0.2, 0.25) is 0 Å². The molecule has 224 valence electrons. The van der Waals surface area contributed by atoms with E-state index in [-0.39, 0.29) is 42.3 Å². The second kappa shape index (κ2) is 13.8. The third-order valence-electron chi connectivity index (χ3n) is 7.82. The summed E-state index contributed by atoms with van der Waals surface area (Å²) in [4.78, 5) is 0. The van der Waals surface area contributed by atoms with E-state index < -0.39 is 47.1 Å². The average molecular weight is 587 g/mol. The SMILES string of the molecule is CCC=CCC1CCC(C2CCC(C(F)(F)Oc3ccc(-c4cc(F)c(OC=C(F)F)c(F)c4)c(F)c3)CC2)OC1. The minimum Gasteiger partial charge on any atom is -0.453 e. The van der Waals surface area contributed by atoms with Gasteiger partial charge in [0.2, 0.25) is 0 Å². The summed E-state index contributed by atoms with van der Waals surface area (Å²) < 4.78 is 113. The Balaban J connectivity index is 1.33. The maximum absolute atomic E-state index is 15.0. The van der Waals surface area contributed by atoms with Crippen LogP contribution in [0.5, 0.6) is 11.5 Å². The summed E-state index contributed by atoms with van der Waals surface area (Å²) >= 11 is 0. The van der Waals surface area contributed by atoms with Crippen molar-refractivity contribution in [2.75, 3.05) is 6.61 Å². The third-order valence-corrected chi connectivity index (χ3v) is 7.82. The number of rotatable bonds is 10. The van der Waals surface area contributed by atoms with Crippen LogP contribution in [-0.2, 0) is 4.74 Å². The van der Waals surface area contributed by atoms with E-state index >= 15 is 8.78 Å². The van der Waals surface area contributed by atoms with Gasteiger partial charge in [-0.3, -0.25) is 0 Å². The van der Waals surface area contributed by atoms with Gasteiger partial charge in [-0.2, -0.15) is 17.6 Å². The van der Waals surface area contributed by atoms with Crippen LogP contribution in [0.3, 0.4) is 0 Å². The van der Waals surface area contributed by atoms with Gasteiger partial charge in [0.25, 0.3) is 0 Å². The summed E-state index contributed by atoms with van der Waals surface area (Å²) in [6.45, 7) is 2.78. The van der Waals surface area contributed by atoms with Crippen LogP contribution in [0.4, 0.5) is 30.7 Å². The Morgan fingerprint density at radius 1 is 0.927 bits per heavy atom. The van der Waals surface area contributed by atoms with Crippen molar-refractivity contribution in [1.29, 1.82) is 0 Å². The zero-order valence-corrected chi connectivity index (χ0v) is 22.7. The predicted octanol–water partition coefficient (Wildman–Crippen LogP) is 9.82. The summed E-state index contributed by atoms with van der Waals surface area (Å²) in [6, 6.07) is 4.24. The van der Waals surface area contributed by atoms with E-state index in [1.165, 1.54) is 0 Å². The highest BCUT2D eigenvalue weighted by atomic mass is 19.3. The monoisotopic (exact) mass is 586 g/mol. The first-order valence-electron chi connectivity index (χ1n) is 13.9. The number of alkyl halides is 2. The first-order chi connectivity index (χ1) is 19.6. The van der Waals surface area contributed by atoms with E-state index in [9.17, 15) is 22.0 Å². The van der Waals surface area contributed by atoms with Gasteiger partial charge >= 0.3 is 12.2 Å². The molecule has 1 aliphatic heterocycles. The molecule has 2 atom stereocenters. The fourth-order valence-electron chi connectivity index (χ4n) is 5.63. The lowest BCUT2D eigenvalue weighted by Crippen LogP contribution is -2.40. The molecule has 3 nitrogen and oxygen atoms in total. The van der Waals surface area contributed by atoms with Crippen molar-refractivity contribution < 1.29 is 44.9 Å². The Bertz CT molecular complexity index is 1200. The second-order valence-electron chi connectivity index (χ2n) is 10.6. The Hall–Kier alpha value is -3.01. The maximum atomic E-state index is 15.0. The van der Waals surface area contributed by atoms with Crippen molar-refractivity contribution in [3.05, 3.63) is 72.3 Å². The van der Waals surface area contributed by atoms with E-state index in [1.807, 2.05) is 0 Å². The van der Waals surface area contributed by atoms with E-state index in [4.69, 9.17) is 9.47 Å². The van der Waals surface area contributed by atoms with Crippen LogP contribution in [-0.4, -0.2) is 18.8 Å². The van der Waals surface area contributed by atoms with Crippen LogP contribution in [0.15, 0.2) is 54.8 Å². The molecule has 2 aromatic rings. The minimum atomic E-state index is -3.54. The molecule has 2 unspecified atom stereocenters. The highest BCUT2D eigenvalue weighted by Gasteiger charge is 2.45. The van der Waals surface area contributed by atoms with Crippen molar-refractivity contribution in [3.63, 3.8) is 0 Å². The summed E-state index contributed by atoms with van der Waals surface area (Å²) in [5, 5.41) is 0. The fraction of sp³-hybridized carbons (Fsp3) is 0.484. The lowest BCUT2D eigenvalue weighted by atomic mass is 9.76. The number of allylic oxidation sites excluding steroid dienone is 2. The van der Waals surface area contributed by atoms with Gasteiger partial charge < -0.3 is 14.2 Å². The van der Waals surface area contributed by atoms with Crippen LogP contribution in [0, 0.1) is 35.2 Å². The molecule has 1 aliphatic carbocycles. The Kier molecular flexibility index (Phi) is 10.4. The van der Waals surface area contributed by atoms with Gasteiger partial charge in [0.1, 0.15) is 11.6 Å². The van der Waals surface area contributed by atoms with E-state index in [1.54, 1.807) is 0 Å².